The lowest BCUT2D eigenvalue weighted by molar-refractivity contribution is -0.109. The van der Waals surface area contributed by atoms with Crippen LogP contribution in [0.2, 0.25) is 0 Å². The summed E-state index contributed by atoms with van der Waals surface area (Å²) in [6, 6.07) is 8.31. The Bertz CT molecular complexity index is 385. The highest BCUT2D eigenvalue weighted by molar-refractivity contribution is 5.38. The smallest absolute Gasteiger partial charge is 0.107 e. The lowest BCUT2D eigenvalue weighted by atomic mass is 9.84. The third kappa shape index (κ3) is 1.39. The van der Waals surface area contributed by atoms with Gasteiger partial charge in [0.05, 0.1) is 12.2 Å². The standard InChI is InChI=1S/C13H17NO2/c15-9-12-10-3-1-2-4-11(10)13(16-12)5-7-14-8-6-13/h1-4,12,14-15H,5-9H2/t12-/m1/s1. The number of aliphatic hydroxyl groups excluding tert-OH is 1. The van der Waals surface area contributed by atoms with Crippen LogP contribution in [0.25, 0.3) is 0 Å². The normalized spacial score (nSPS) is 26.9. The predicted molar refractivity (Wildman–Crippen MR) is 61.1 cm³/mol. The largest absolute Gasteiger partial charge is 0.393 e. The van der Waals surface area contributed by atoms with Crippen molar-refractivity contribution in [2.45, 2.75) is 24.5 Å². The monoisotopic (exact) mass is 219 g/mol. The second kappa shape index (κ2) is 3.84. The van der Waals surface area contributed by atoms with Gasteiger partial charge in [0.25, 0.3) is 0 Å². The Balaban J connectivity index is 2.04. The zero-order valence-corrected chi connectivity index (χ0v) is 9.28. The minimum Gasteiger partial charge on any atom is -0.393 e. The Morgan fingerprint density at radius 2 is 2.06 bits per heavy atom. The van der Waals surface area contributed by atoms with Crippen molar-refractivity contribution in [2.24, 2.45) is 0 Å². The van der Waals surface area contributed by atoms with Crippen LogP contribution >= 0.6 is 0 Å². The molecule has 1 aromatic rings. The molecule has 2 heterocycles. The summed E-state index contributed by atoms with van der Waals surface area (Å²) in [6.45, 7) is 2.06. The molecule has 0 bridgehead atoms. The Morgan fingerprint density at radius 3 is 2.81 bits per heavy atom. The third-order valence-electron chi connectivity index (χ3n) is 3.74. The number of aliphatic hydroxyl groups is 1. The molecule has 1 spiro atoms. The van der Waals surface area contributed by atoms with Crippen molar-refractivity contribution >= 4 is 0 Å². The Labute approximate surface area is 95.4 Å². The summed E-state index contributed by atoms with van der Waals surface area (Å²) < 4.78 is 6.12. The van der Waals surface area contributed by atoms with Crippen LogP contribution in [0.15, 0.2) is 24.3 Å². The first-order valence-corrected chi connectivity index (χ1v) is 5.94. The number of nitrogens with one attached hydrogen (secondary N) is 1. The third-order valence-corrected chi connectivity index (χ3v) is 3.74. The van der Waals surface area contributed by atoms with Gasteiger partial charge in [0.1, 0.15) is 6.10 Å². The van der Waals surface area contributed by atoms with E-state index in [1.807, 2.05) is 6.07 Å². The SMILES string of the molecule is OC[C@H]1OC2(CCNCC2)c2ccccc21. The van der Waals surface area contributed by atoms with E-state index in [-0.39, 0.29) is 18.3 Å². The van der Waals surface area contributed by atoms with Gasteiger partial charge in [0.2, 0.25) is 0 Å². The van der Waals surface area contributed by atoms with Crippen molar-refractivity contribution in [2.75, 3.05) is 19.7 Å². The molecule has 3 nitrogen and oxygen atoms in total. The quantitative estimate of drug-likeness (QED) is 0.748. The highest BCUT2D eigenvalue weighted by Crippen LogP contribution is 2.47. The summed E-state index contributed by atoms with van der Waals surface area (Å²) in [5.41, 5.74) is 2.32. The van der Waals surface area contributed by atoms with Gasteiger partial charge in [-0.25, -0.2) is 0 Å². The molecule has 1 atom stereocenters. The second-order valence-electron chi connectivity index (χ2n) is 4.62. The second-order valence-corrected chi connectivity index (χ2v) is 4.62. The molecule has 0 aromatic heterocycles. The van der Waals surface area contributed by atoms with Gasteiger partial charge >= 0.3 is 0 Å². The fourth-order valence-electron chi connectivity index (χ4n) is 2.95. The Morgan fingerprint density at radius 1 is 1.31 bits per heavy atom. The van der Waals surface area contributed by atoms with Crippen LogP contribution in [0, 0.1) is 0 Å². The molecule has 0 amide bonds. The maximum Gasteiger partial charge on any atom is 0.107 e. The van der Waals surface area contributed by atoms with Gasteiger partial charge in [0, 0.05) is 0 Å². The van der Waals surface area contributed by atoms with E-state index >= 15 is 0 Å². The van der Waals surface area contributed by atoms with Crippen molar-refractivity contribution in [3.05, 3.63) is 35.4 Å². The predicted octanol–water partition coefficient (Wildman–Crippen LogP) is 1.33. The number of ether oxygens (including phenoxy) is 1. The van der Waals surface area contributed by atoms with Gasteiger partial charge < -0.3 is 15.2 Å². The summed E-state index contributed by atoms with van der Waals surface area (Å²) in [5.74, 6) is 0. The van der Waals surface area contributed by atoms with Crippen molar-refractivity contribution in [3.63, 3.8) is 0 Å². The topological polar surface area (TPSA) is 41.5 Å². The van der Waals surface area contributed by atoms with E-state index in [0.29, 0.717) is 0 Å². The summed E-state index contributed by atoms with van der Waals surface area (Å²) in [4.78, 5) is 0. The highest BCUT2D eigenvalue weighted by atomic mass is 16.5. The summed E-state index contributed by atoms with van der Waals surface area (Å²) in [7, 11) is 0. The van der Waals surface area contributed by atoms with Crippen LogP contribution in [0.4, 0.5) is 0 Å². The number of hydrogen-bond donors (Lipinski definition) is 2. The molecule has 2 N–H and O–H groups in total. The number of rotatable bonds is 1. The molecular weight excluding hydrogens is 202 g/mol. The van der Waals surface area contributed by atoms with Gasteiger partial charge in [-0.1, -0.05) is 24.3 Å². The zero-order chi connectivity index (χ0) is 11.0. The van der Waals surface area contributed by atoms with Crippen molar-refractivity contribution < 1.29 is 9.84 Å². The zero-order valence-electron chi connectivity index (χ0n) is 9.28. The molecule has 2 aliphatic rings. The highest BCUT2D eigenvalue weighted by Gasteiger charge is 2.44. The summed E-state index contributed by atoms with van der Waals surface area (Å²) >= 11 is 0. The summed E-state index contributed by atoms with van der Waals surface area (Å²) in [5, 5.41) is 12.7. The van der Waals surface area contributed by atoms with E-state index in [0.717, 1.165) is 25.9 Å². The van der Waals surface area contributed by atoms with Crippen molar-refractivity contribution in [3.8, 4) is 0 Å². The Hall–Kier alpha value is -0.900. The van der Waals surface area contributed by atoms with Gasteiger partial charge in [-0.3, -0.25) is 0 Å². The fourth-order valence-corrected chi connectivity index (χ4v) is 2.95. The fraction of sp³-hybridized carbons (Fsp3) is 0.538. The molecular formula is C13H17NO2. The number of fused-ring (bicyclic) bond motifs is 2. The van der Waals surface area contributed by atoms with Crippen molar-refractivity contribution in [1.82, 2.24) is 5.32 Å². The van der Waals surface area contributed by atoms with Crippen LogP contribution in [0.5, 0.6) is 0 Å². The maximum absolute atomic E-state index is 9.39. The Kier molecular flexibility index (Phi) is 2.46. The molecule has 0 saturated carbocycles. The number of piperidine rings is 1. The van der Waals surface area contributed by atoms with Gasteiger partial charge in [-0.15, -0.1) is 0 Å². The first-order valence-electron chi connectivity index (χ1n) is 5.94. The minimum absolute atomic E-state index is 0.0756. The molecule has 1 aromatic carbocycles. The van der Waals surface area contributed by atoms with Crippen LogP contribution in [0.3, 0.4) is 0 Å². The van der Waals surface area contributed by atoms with Crippen molar-refractivity contribution in [1.29, 1.82) is 0 Å². The first-order chi connectivity index (χ1) is 7.86. The van der Waals surface area contributed by atoms with E-state index in [4.69, 9.17) is 4.74 Å². The number of hydrogen-bond acceptors (Lipinski definition) is 3. The maximum atomic E-state index is 9.39. The van der Waals surface area contributed by atoms with E-state index < -0.39 is 0 Å². The minimum atomic E-state index is -0.144. The molecule has 0 unspecified atom stereocenters. The van der Waals surface area contributed by atoms with Crippen LogP contribution in [-0.2, 0) is 10.3 Å². The molecule has 0 aliphatic carbocycles. The lowest BCUT2D eigenvalue weighted by Gasteiger charge is -2.34. The molecule has 1 fully saturated rings. The van der Waals surface area contributed by atoms with Gasteiger partial charge in [0.15, 0.2) is 0 Å². The average molecular weight is 219 g/mol. The summed E-state index contributed by atoms with van der Waals surface area (Å²) in [6.07, 6.45) is 1.87. The molecule has 3 heteroatoms. The van der Waals surface area contributed by atoms with Crippen LogP contribution in [-0.4, -0.2) is 24.8 Å². The van der Waals surface area contributed by atoms with Crippen LogP contribution < -0.4 is 5.32 Å². The van der Waals surface area contributed by atoms with Gasteiger partial charge in [-0.05, 0) is 37.1 Å². The molecule has 16 heavy (non-hydrogen) atoms. The molecule has 86 valence electrons. The molecule has 0 radical (unpaired) electrons. The van der Waals surface area contributed by atoms with Crippen LogP contribution in [0.1, 0.15) is 30.1 Å². The first kappa shape index (κ1) is 10.3. The van der Waals surface area contributed by atoms with E-state index in [1.54, 1.807) is 0 Å². The van der Waals surface area contributed by atoms with E-state index in [2.05, 4.69) is 23.5 Å². The lowest BCUT2D eigenvalue weighted by Crippen LogP contribution is -2.39. The molecule has 1 saturated heterocycles. The van der Waals surface area contributed by atoms with E-state index in [9.17, 15) is 5.11 Å². The van der Waals surface area contributed by atoms with E-state index in [1.165, 1.54) is 11.1 Å². The average Bonchev–Trinajstić information content (AvgIpc) is 2.66. The molecule has 2 aliphatic heterocycles. The van der Waals surface area contributed by atoms with Gasteiger partial charge in [-0.2, -0.15) is 0 Å². The number of benzene rings is 1. The molecule has 3 rings (SSSR count).